The van der Waals surface area contributed by atoms with Gasteiger partial charge >= 0.3 is 18.2 Å². The van der Waals surface area contributed by atoms with E-state index in [4.69, 9.17) is 0 Å². The summed E-state index contributed by atoms with van der Waals surface area (Å²) in [7, 11) is 0. The molecule has 0 aliphatic heterocycles. The van der Waals surface area contributed by atoms with Crippen molar-refractivity contribution in [2.45, 2.75) is 51.9 Å². The molecule has 158 valence electrons. The van der Waals surface area contributed by atoms with Gasteiger partial charge in [0.1, 0.15) is 0 Å². The number of hydrogen-bond acceptors (Lipinski definition) is 4. The fourth-order valence-corrected chi connectivity index (χ4v) is 2.97. The Morgan fingerprint density at radius 1 is 1.24 bits per heavy atom. The van der Waals surface area contributed by atoms with E-state index in [1.165, 1.54) is 17.8 Å². The zero-order valence-corrected chi connectivity index (χ0v) is 16.4. The van der Waals surface area contributed by atoms with Gasteiger partial charge in [0, 0.05) is 6.20 Å². The lowest BCUT2D eigenvalue weighted by Gasteiger charge is -2.26. The van der Waals surface area contributed by atoms with Crippen LogP contribution in [0, 0.1) is 0 Å². The van der Waals surface area contributed by atoms with Crippen LogP contribution in [0.2, 0.25) is 0 Å². The molecule has 0 spiro atoms. The van der Waals surface area contributed by atoms with Gasteiger partial charge in [-0.05, 0) is 36.5 Å². The second-order valence-electron chi connectivity index (χ2n) is 6.21. The van der Waals surface area contributed by atoms with Gasteiger partial charge in [0.2, 0.25) is 0 Å². The minimum absolute atomic E-state index is 0.0467. The highest BCUT2D eigenvalue weighted by molar-refractivity contribution is 5.74. The molecular formula is C20H25F3N4O2. The van der Waals surface area contributed by atoms with Crippen LogP contribution in [0.4, 0.5) is 18.0 Å². The zero-order valence-electron chi connectivity index (χ0n) is 16.4. The number of rotatable bonds is 5. The van der Waals surface area contributed by atoms with Gasteiger partial charge in [-0.3, -0.25) is 0 Å². The Bertz CT molecular complexity index is 799. The maximum Gasteiger partial charge on any atom is 0.422 e. The van der Waals surface area contributed by atoms with E-state index in [0.29, 0.717) is 5.69 Å². The van der Waals surface area contributed by atoms with Crippen molar-refractivity contribution in [2.75, 3.05) is 6.61 Å². The van der Waals surface area contributed by atoms with Gasteiger partial charge in [0.05, 0.1) is 18.3 Å². The van der Waals surface area contributed by atoms with Gasteiger partial charge in [-0.1, -0.05) is 38.1 Å². The van der Waals surface area contributed by atoms with E-state index in [0.717, 1.165) is 24.8 Å². The first-order valence-electron chi connectivity index (χ1n) is 9.54. The third-order valence-electron chi connectivity index (χ3n) is 4.16. The van der Waals surface area contributed by atoms with Crippen LogP contribution in [-0.2, 0) is 13.0 Å². The van der Waals surface area contributed by atoms with E-state index >= 15 is 0 Å². The Hall–Kier alpha value is -2.84. The molecule has 1 unspecified atom stereocenters. The Balaban J connectivity index is 0.00000145. The van der Waals surface area contributed by atoms with Crippen molar-refractivity contribution in [3.8, 4) is 6.01 Å². The monoisotopic (exact) mass is 410 g/mol. The molecule has 1 aromatic heterocycles. The quantitative estimate of drug-likeness (QED) is 0.770. The summed E-state index contributed by atoms with van der Waals surface area (Å²) in [6.07, 6.45) is -0.336. The van der Waals surface area contributed by atoms with Crippen molar-refractivity contribution >= 4 is 6.03 Å². The van der Waals surface area contributed by atoms with Crippen LogP contribution in [0.15, 0.2) is 36.5 Å². The number of carbonyl (C=O) groups excluding carboxylic acids is 1. The Morgan fingerprint density at radius 3 is 2.76 bits per heavy atom. The lowest BCUT2D eigenvalue weighted by molar-refractivity contribution is -0.154. The zero-order chi connectivity index (χ0) is 21.3. The number of amides is 2. The smallest absolute Gasteiger partial charge is 0.422 e. The average Bonchev–Trinajstić information content (AvgIpc) is 2.72. The van der Waals surface area contributed by atoms with Crippen molar-refractivity contribution in [2.24, 2.45) is 0 Å². The van der Waals surface area contributed by atoms with E-state index in [1.807, 2.05) is 32.0 Å². The van der Waals surface area contributed by atoms with Crippen LogP contribution in [0.25, 0.3) is 0 Å². The summed E-state index contributed by atoms with van der Waals surface area (Å²) in [4.78, 5) is 19.7. The van der Waals surface area contributed by atoms with E-state index in [9.17, 15) is 18.0 Å². The van der Waals surface area contributed by atoms with Crippen LogP contribution in [0.5, 0.6) is 6.01 Å². The molecule has 9 heteroatoms. The van der Waals surface area contributed by atoms with E-state index in [-0.39, 0.29) is 24.6 Å². The number of nitrogens with zero attached hydrogens (tertiary/aromatic N) is 2. The van der Waals surface area contributed by atoms with Gasteiger partial charge in [-0.25, -0.2) is 9.78 Å². The third kappa shape index (κ3) is 7.24. The number of halogens is 3. The predicted octanol–water partition coefficient (Wildman–Crippen LogP) is 4.32. The second-order valence-corrected chi connectivity index (χ2v) is 6.21. The summed E-state index contributed by atoms with van der Waals surface area (Å²) in [6, 6.07) is 8.68. The summed E-state index contributed by atoms with van der Waals surface area (Å²) in [6.45, 7) is 2.58. The number of hydrogen-bond donors (Lipinski definition) is 2. The Kier molecular flexibility index (Phi) is 8.23. The largest absolute Gasteiger partial charge is 0.454 e. The fraction of sp³-hybridized carbons (Fsp3) is 0.450. The third-order valence-corrected chi connectivity index (χ3v) is 4.16. The van der Waals surface area contributed by atoms with Crippen LogP contribution in [-0.4, -0.2) is 28.8 Å². The molecule has 3 rings (SSSR count). The van der Waals surface area contributed by atoms with Crippen molar-refractivity contribution in [1.29, 1.82) is 0 Å². The van der Waals surface area contributed by atoms with Crippen LogP contribution in [0.1, 0.15) is 49.6 Å². The summed E-state index contributed by atoms with van der Waals surface area (Å²) in [5.41, 5.74) is 2.70. The number of nitrogens with one attached hydrogen (secondary N) is 2. The first-order valence-corrected chi connectivity index (χ1v) is 9.54. The van der Waals surface area contributed by atoms with Gasteiger partial charge in [0.15, 0.2) is 6.61 Å². The molecule has 6 nitrogen and oxygen atoms in total. The molecule has 0 bridgehead atoms. The lowest BCUT2D eigenvalue weighted by Crippen LogP contribution is -2.38. The van der Waals surface area contributed by atoms with Crippen LogP contribution < -0.4 is 15.4 Å². The van der Waals surface area contributed by atoms with Crippen LogP contribution in [0.3, 0.4) is 0 Å². The van der Waals surface area contributed by atoms with Gasteiger partial charge in [0.25, 0.3) is 0 Å². The molecule has 0 saturated carbocycles. The Labute approximate surface area is 167 Å². The van der Waals surface area contributed by atoms with Gasteiger partial charge in [-0.2, -0.15) is 18.2 Å². The second kappa shape index (κ2) is 10.6. The van der Waals surface area contributed by atoms with Crippen molar-refractivity contribution in [3.05, 3.63) is 53.3 Å². The number of alkyl halides is 3. The minimum Gasteiger partial charge on any atom is -0.454 e. The maximum absolute atomic E-state index is 12.2. The molecule has 0 saturated heterocycles. The predicted molar refractivity (Wildman–Crippen MR) is 102 cm³/mol. The molecule has 0 fully saturated rings. The van der Waals surface area contributed by atoms with Crippen molar-refractivity contribution in [3.63, 3.8) is 0 Å². The van der Waals surface area contributed by atoms with Gasteiger partial charge < -0.3 is 15.4 Å². The molecule has 2 aromatic rings. The number of urea groups is 1. The first kappa shape index (κ1) is 22.4. The molecule has 1 atom stereocenters. The highest BCUT2D eigenvalue weighted by atomic mass is 19.4. The molecule has 2 amide bonds. The summed E-state index contributed by atoms with van der Waals surface area (Å²) >= 11 is 0. The summed E-state index contributed by atoms with van der Waals surface area (Å²) in [5.74, 6) is 0. The van der Waals surface area contributed by atoms with Crippen LogP contribution >= 0.6 is 0 Å². The maximum atomic E-state index is 12.2. The number of ether oxygens (including phenoxy) is 1. The average molecular weight is 410 g/mol. The number of aryl methyl sites for hydroxylation is 1. The SMILES string of the molecule is CC.O=C(NCc1ccnc(OCC(F)(F)F)n1)NC1CCCc2ccccc21. The van der Waals surface area contributed by atoms with Crippen molar-refractivity contribution < 1.29 is 22.7 Å². The number of fused-ring (bicyclic) bond motifs is 1. The van der Waals surface area contributed by atoms with Crippen molar-refractivity contribution in [1.82, 2.24) is 20.6 Å². The Morgan fingerprint density at radius 2 is 2.00 bits per heavy atom. The molecule has 1 aromatic carbocycles. The number of aromatic nitrogens is 2. The standard InChI is InChI=1S/C18H19F3N4O2.C2H6/c19-18(20,21)11-27-17-22-9-8-13(24-17)10-23-16(26)25-15-7-3-5-12-4-1-2-6-14(12)15;1-2/h1-2,4,6,8-9,15H,3,5,7,10-11H2,(H2,23,25,26);1-2H3. The molecule has 1 aliphatic rings. The molecule has 2 N–H and O–H groups in total. The molecule has 29 heavy (non-hydrogen) atoms. The fourth-order valence-electron chi connectivity index (χ4n) is 2.97. The topological polar surface area (TPSA) is 76.1 Å². The highest BCUT2D eigenvalue weighted by Crippen LogP contribution is 2.29. The van der Waals surface area contributed by atoms with E-state index < -0.39 is 12.8 Å². The molecule has 1 heterocycles. The minimum atomic E-state index is -4.46. The summed E-state index contributed by atoms with van der Waals surface area (Å²) in [5, 5.41) is 5.59. The first-order chi connectivity index (χ1) is 13.9. The lowest BCUT2D eigenvalue weighted by atomic mass is 9.88. The van der Waals surface area contributed by atoms with Gasteiger partial charge in [-0.15, -0.1) is 0 Å². The van der Waals surface area contributed by atoms with E-state index in [1.54, 1.807) is 0 Å². The highest BCUT2D eigenvalue weighted by Gasteiger charge is 2.29. The number of benzene rings is 1. The molecule has 0 radical (unpaired) electrons. The number of carbonyl (C=O) groups is 1. The molecule has 1 aliphatic carbocycles. The van der Waals surface area contributed by atoms with E-state index in [2.05, 4.69) is 31.4 Å². The summed E-state index contributed by atoms with van der Waals surface area (Å²) < 4.78 is 41.0. The molecular weight excluding hydrogens is 385 g/mol. The normalized spacial score (nSPS) is 15.4.